The average Bonchev–Trinajstić information content (AvgIpc) is 2.76. The third-order valence-electron chi connectivity index (χ3n) is 3.92. The van der Waals surface area contributed by atoms with Crippen molar-refractivity contribution in [3.63, 3.8) is 0 Å². The van der Waals surface area contributed by atoms with Gasteiger partial charge in [0.15, 0.2) is 0 Å². The number of hydrogen-bond acceptors (Lipinski definition) is 3. The Bertz CT molecular complexity index is 403. The van der Waals surface area contributed by atoms with Crippen LogP contribution in [-0.2, 0) is 11.2 Å². The second kappa shape index (κ2) is 9.82. The van der Waals surface area contributed by atoms with E-state index in [2.05, 4.69) is 16.4 Å². The molecule has 0 saturated heterocycles. The van der Waals surface area contributed by atoms with Gasteiger partial charge in [0.05, 0.1) is 0 Å². The molecule has 0 aromatic carbocycles. The Balaban J connectivity index is 1.52. The number of amides is 1. The Labute approximate surface area is 132 Å². The monoisotopic (exact) mass is 306 g/mol. The van der Waals surface area contributed by atoms with Gasteiger partial charge in [0.1, 0.15) is 0 Å². The predicted molar refractivity (Wildman–Crippen MR) is 89.5 cm³/mol. The van der Waals surface area contributed by atoms with Gasteiger partial charge in [0.2, 0.25) is 5.91 Å². The number of aromatic nitrogens is 1. The summed E-state index contributed by atoms with van der Waals surface area (Å²) in [5.74, 6) is 2.17. The lowest BCUT2D eigenvalue weighted by molar-refractivity contribution is -0.121. The molecule has 116 valence electrons. The molecule has 1 amide bonds. The van der Waals surface area contributed by atoms with E-state index in [-0.39, 0.29) is 5.91 Å². The highest BCUT2D eigenvalue weighted by molar-refractivity contribution is 7.99. The molecule has 4 heteroatoms. The molecule has 0 atom stereocenters. The summed E-state index contributed by atoms with van der Waals surface area (Å²) in [4.78, 5) is 16.2. The molecule has 0 spiro atoms. The number of rotatable bonds is 7. The Morgan fingerprint density at radius 2 is 2.00 bits per heavy atom. The first kappa shape index (κ1) is 16.3. The molecule has 1 fully saturated rings. The second-order valence-electron chi connectivity index (χ2n) is 5.69. The van der Waals surface area contributed by atoms with Crippen LogP contribution in [-0.4, -0.2) is 28.4 Å². The minimum atomic E-state index is 0.229. The highest BCUT2D eigenvalue weighted by Gasteiger charge is 2.14. The number of aryl methyl sites for hydroxylation is 1. The van der Waals surface area contributed by atoms with Crippen LogP contribution in [0.1, 0.15) is 50.6 Å². The van der Waals surface area contributed by atoms with Crippen molar-refractivity contribution in [1.29, 1.82) is 0 Å². The summed E-state index contributed by atoms with van der Waals surface area (Å²) in [7, 11) is 0. The summed E-state index contributed by atoms with van der Waals surface area (Å²) < 4.78 is 0. The molecule has 0 aliphatic heterocycles. The Morgan fingerprint density at radius 1 is 1.19 bits per heavy atom. The zero-order valence-corrected chi connectivity index (χ0v) is 13.5. The first-order valence-electron chi connectivity index (χ1n) is 8.11. The van der Waals surface area contributed by atoms with Crippen LogP contribution in [0.3, 0.4) is 0 Å². The third-order valence-corrected chi connectivity index (χ3v) is 4.91. The maximum absolute atomic E-state index is 11.9. The van der Waals surface area contributed by atoms with E-state index in [4.69, 9.17) is 0 Å². The smallest absolute Gasteiger partial charge is 0.221 e. The number of hydrogen-bond donors (Lipinski definition) is 1. The van der Waals surface area contributed by atoms with Crippen LogP contribution >= 0.6 is 11.8 Å². The highest BCUT2D eigenvalue weighted by atomic mass is 32.2. The summed E-state index contributed by atoms with van der Waals surface area (Å²) in [6.07, 6.45) is 11.0. The molecule has 1 aliphatic rings. The summed E-state index contributed by atoms with van der Waals surface area (Å²) in [6.45, 7) is 0. The molecule has 2 rings (SSSR count). The quantitative estimate of drug-likeness (QED) is 0.618. The molecule has 0 bridgehead atoms. The summed E-state index contributed by atoms with van der Waals surface area (Å²) in [5, 5.41) is 3.20. The predicted octanol–water partition coefficient (Wildman–Crippen LogP) is 3.59. The number of carbonyl (C=O) groups is 1. The molecular weight excluding hydrogens is 280 g/mol. The molecule has 1 aromatic heterocycles. The first-order chi connectivity index (χ1) is 10.3. The fraction of sp³-hybridized carbons (Fsp3) is 0.647. The number of carbonyl (C=O) groups excluding carboxylic acids is 1. The molecule has 1 aromatic rings. The van der Waals surface area contributed by atoms with Crippen molar-refractivity contribution < 1.29 is 4.79 Å². The van der Waals surface area contributed by atoms with Gasteiger partial charge >= 0.3 is 0 Å². The third kappa shape index (κ3) is 6.98. The molecule has 21 heavy (non-hydrogen) atoms. The van der Waals surface area contributed by atoms with Crippen LogP contribution in [0.15, 0.2) is 24.4 Å². The van der Waals surface area contributed by atoms with E-state index in [9.17, 15) is 4.79 Å². The maximum atomic E-state index is 11.9. The normalized spacial score (nSPS) is 16.4. The van der Waals surface area contributed by atoms with Gasteiger partial charge in [-0.05, 0) is 37.1 Å². The lowest BCUT2D eigenvalue weighted by Crippen LogP contribution is -2.34. The number of nitrogens with zero attached hydrogens (tertiary/aromatic N) is 1. The van der Waals surface area contributed by atoms with Gasteiger partial charge in [-0.2, -0.15) is 11.8 Å². The first-order valence-corrected chi connectivity index (χ1v) is 9.27. The van der Waals surface area contributed by atoms with E-state index >= 15 is 0 Å². The molecule has 1 N–H and O–H groups in total. The minimum Gasteiger partial charge on any atom is -0.353 e. The van der Waals surface area contributed by atoms with Crippen molar-refractivity contribution >= 4 is 17.7 Å². The van der Waals surface area contributed by atoms with E-state index in [1.54, 1.807) is 0 Å². The summed E-state index contributed by atoms with van der Waals surface area (Å²) >= 11 is 1.84. The zero-order chi connectivity index (χ0) is 14.8. The van der Waals surface area contributed by atoms with Crippen LogP contribution in [0, 0.1) is 0 Å². The molecular formula is C17H26N2OS. The van der Waals surface area contributed by atoms with E-state index < -0.39 is 0 Å². The largest absolute Gasteiger partial charge is 0.353 e. The van der Waals surface area contributed by atoms with E-state index in [0.717, 1.165) is 23.6 Å². The molecule has 1 heterocycles. The van der Waals surface area contributed by atoms with Crippen molar-refractivity contribution in [2.24, 2.45) is 0 Å². The number of thioether (sulfide) groups is 1. The van der Waals surface area contributed by atoms with Gasteiger partial charge in [-0.25, -0.2) is 0 Å². The van der Waals surface area contributed by atoms with Crippen LogP contribution in [0.4, 0.5) is 0 Å². The number of pyridine rings is 1. The molecule has 1 saturated carbocycles. The Kier molecular flexibility index (Phi) is 7.65. The molecule has 3 nitrogen and oxygen atoms in total. The summed E-state index contributed by atoms with van der Waals surface area (Å²) in [5.41, 5.74) is 1.13. The SMILES string of the molecule is O=C(CCSCCc1ccccn1)NC1CCCCCC1. The molecule has 0 radical (unpaired) electrons. The van der Waals surface area contributed by atoms with Crippen LogP contribution < -0.4 is 5.32 Å². The van der Waals surface area contributed by atoms with Gasteiger partial charge < -0.3 is 5.32 Å². The van der Waals surface area contributed by atoms with E-state index in [1.807, 2.05) is 30.1 Å². The zero-order valence-electron chi connectivity index (χ0n) is 12.7. The van der Waals surface area contributed by atoms with Crippen molar-refractivity contribution in [2.75, 3.05) is 11.5 Å². The standard InChI is InChI=1S/C17H26N2OS/c20-17(19-16-8-3-1-2-4-9-16)11-14-21-13-10-15-7-5-6-12-18-15/h5-7,12,16H,1-4,8-11,13-14H2,(H,19,20). The second-order valence-corrected chi connectivity index (χ2v) is 6.91. The fourth-order valence-corrected chi connectivity index (χ4v) is 3.60. The lowest BCUT2D eigenvalue weighted by atomic mass is 10.1. The molecule has 1 aliphatic carbocycles. The van der Waals surface area contributed by atoms with Gasteiger partial charge in [-0.3, -0.25) is 9.78 Å². The minimum absolute atomic E-state index is 0.229. The van der Waals surface area contributed by atoms with Crippen LogP contribution in [0.2, 0.25) is 0 Å². The highest BCUT2D eigenvalue weighted by Crippen LogP contribution is 2.17. The van der Waals surface area contributed by atoms with Gasteiger partial charge in [-0.1, -0.05) is 31.7 Å². The Morgan fingerprint density at radius 3 is 2.71 bits per heavy atom. The van der Waals surface area contributed by atoms with E-state index in [0.29, 0.717) is 12.5 Å². The van der Waals surface area contributed by atoms with Crippen molar-refractivity contribution in [1.82, 2.24) is 10.3 Å². The molecule has 0 unspecified atom stereocenters. The van der Waals surface area contributed by atoms with Gasteiger partial charge in [0.25, 0.3) is 0 Å². The van der Waals surface area contributed by atoms with Crippen molar-refractivity contribution in [3.8, 4) is 0 Å². The summed E-state index contributed by atoms with van der Waals surface area (Å²) in [6, 6.07) is 6.44. The van der Waals surface area contributed by atoms with Crippen LogP contribution in [0.5, 0.6) is 0 Å². The lowest BCUT2D eigenvalue weighted by Gasteiger charge is -2.16. The average molecular weight is 306 g/mol. The fourth-order valence-electron chi connectivity index (χ4n) is 2.71. The van der Waals surface area contributed by atoms with Crippen molar-refractivity contribution in [3.05, 3.63) is 30.1 Å². The van der Waals surface area contributed by atoms with Gasteiger partial charge in [-0.15, -0.1) is 0 Å². The van der Waals surface area contributed by atoms with E-state index in [1.165, 1.54) is 38.5 Å². The van der Waals surface area contributed by atoms with Gasteiger partial charge in [0, 0.05) is 30.1 Å². The Hall–Kier alpha value is -1.03. The number of nitrogens with one attached hydrogen (secondary N) is 1. The maximum Gasteiger partial charge on any atom is 0.221 e. The topological polar surface area (TPSA) is 42.0 Å². The van der Waals surface area contributed by atoms with Crippen molar-refractivity contribution in [2.45, 2.75) is 57.4 Å². The van der Waals surface area contributed by atoms with Crippen LogP contribution in [0.25, 0.3) is 0 Å².